The number of hydrogen-bond donors (Lipinski definition) is 0. The fourth-order valence-electron chi connectivity index (χ4n) is 11.4. The Morgan fingerprint density at radius 2 is 1.06 bits per heavy atom. The zero-order chi connectivity index (χ0) is 40.9. The van der Waals surface area contributed by atoms with E-state index in [1.165, 1.54) is 88.0 Å². The summed E-state index contributed by atoms with van der Waals surface area (Å²) in [7, 11) is 0. The molecule has 1 heterocycles. The van der Waals surface area contributed by atoms with Gasteiger partial charge in [0.25, 0.3) is 0 Å². The molecule has 2 bridgehead atoms. The number of nitrogens with zero attached hydrogens (tertiary/aromatic N) is 3. The molecule has 9 aromatic carbocycles. The minimum atomic E-state index is -0.493. The number of rotatable bonds is 5. The Labute approximate surface area is 360 Å². The molecule has 0 saturated heterocycles. The highest BCUT2D eigenvalue weighted by atomic mass is 15.0. The molecule has 10 aromatic rings. The van der Waals surface area contributed by atoms with E-state index in [1.54, 1.807) is 0 Å². The van der Waals surface area contributed by atoms with Crippen molar-refractivity contribution in [3.8, 4) is 56.4 Å². The lowest BCUT2D eigenvalue weighted by atomic mass is 9.67. The number of fused-ring (bicyclic) bond motifs is 8. The van der Waals surface area contributed by atoms with Crippen LogP contribution in [0.2, 0.25) is 0 Å². The van der Waals surface area contributed by atoms with Crippen LogP contribution in [0.4, 0.5) is 0 Å². The summed E-state index contributed by atoms with van der Waals surface area (Å²) >= 11 is 0. The number of hydrogen-bond acceptors (Lipinski definition) is 3. The molecule has 3 aliphatic rings. The van der Waals surface area contributed by atoms with Crippen LogP contribution in [0, 0.1) is 0 Å². The molecule has 0 N–H and O–H groups in total. The molecule has 1 atom stereocenters. The summed E-state index contributed by atoms with van der Waals surface area (Å²) in [5, 5.41) is 7.70. The molecule has 3 heteroatoms. The molecule has 62 heavy (non-hydrogen) atoms. The second-order valence-corrected chi connectivity index (χ2v) is 16.8. The van der Waals surface area contributed by atoms with Crippen molar-refractivity contribution >= 4 is 37.9 Å². The van der Waals surface area contributed by atoms with Crippen LogP contribution in [-0.4, -0.2) is 15.0 Å². The monoisotopic (exact) mass is 789 g/mol. The van der Waals surface area contributed by atoms with E-state index in [1.807, 2.05) is 36.4 Å². The van der Waals surface area contributed by atoms with Crippen molar-refractivity contribution in [2.75, 3.05) is 0 Å². The number of allylic oxidation sites excluding steroid dienone is 4. The van der Waals surface area contributed by atoms with Gasteiger partial charge >= 0.3 is 0 Å². The van der Waals surface area contributed by atoms with Gasteiger partial charge in [0.15, 0.2) is 17.5 Å². The predicted molar refractivity (Wildman–Crippen MR) is 256 cm³/mol. The van der Waals surface area contributed by atoms with Gasteiger partial charge in [-0.25, -0.2) is 15.0 Å². The molecule has 1 spiro atoms. The molecule has 1 aromatic heterocycles. The Bertz CT molecular complexity index is 3520. The van der Waals surface area contributed by atoms with Crippen LogP contribution in [0.3, 0.4) is 0 Å². The first-order valence-corrected chi connectivity index (χ1v) is 21.7. The first kappa shape index (κ1) is 35.0. The molecular weight excluding hydrogens is 751 g/mol. The van der Waals surface area contributed by atoms with Crippen LogP contribution in [0.1, 0.15) is 41.2 Å². The van der Waals surface area contributed by atoms with E-state index in [-0.39, 0.29) is 0 Å². The van der Waals surface area contributed by atoms with E-state index in [0.717, 1.165) is 35.1 Å². The average molecular weight is 790 g/mol. The lowest BCUT2D eigenvalue weighted by Crippen LogP contribution is -2.28. The lowest BCUT2D eigenvalue weighted by molar-refractivity contribution is 0.739. The average Bonchev–Trinajstić information content (AvgIpc) is 3.82. The van der Waals surface area contributed by atoms with Crippen molar-refractivity contribution in [3.05, 3.63) is 228 Å². The van der Waals surface area contributed by atoms with Gasteiger partial charge in [0, 0.05) is 22.3 Å². The number of benzene rings is 9. The summed E-state index contributed by atoms with van der Waals surface area (Å²) in [6, 6.07) is 66.2. The van der Waals surface area contributed by atoms with Gasteiger partial charge in [0.1, 0.15) is 0 Å². The summed E-state index contributed by atoms with van der Waals surface area (Å²) in [6.45, 7) is 2.36. The minimum absolute atomic E-state index is 0.493. The standard InChI is InChI=1S/C59H39N3/c1-2-48-44-30-16-24-37-23-15-29-42-41-26-11-12-27-43(41)54-45-28-13-14-32-49(45)59(48,55(54)51(37)42)50-33-17-31-46(53(44)50)52-40-25-10-9-18-36(40)34-35-47(52)58-61-56(38-19-5-3-6-20-38)60-57(62-58)39-21-7-4-8-22-39/h3-23,25-35H,2,24H2,1H3/b30-16-. The van der Waals surface area contributed by atoms with Crippen molar-refractivity contribution in [1.82, 2.24) is 15.0 Å². The van der Waals surface area contributed by atoms with E-state index in [9.17, 15) is 0 Å². The first-order valence-electron chi connectivity index (χ1n) is 21.7. The van der Waals surface area contributed by atoms with Crippen LogP contribution in [0.15, 0.2) is 200 Å². The largest absolute Gasteiger partial charge is 0.208 e. The smallest absolute Gasteiger partial charge is 0.164 e. The van der Waals surface area contributed by atoms with E-state index in [0.29, 0.717) is 17.5 Å². The molecule has 3 aliphatic carbocycles. The van der Waals surface area contributed by atoms with Gasteiger partial charge < -0.3 is 0 Å². The molecule has 0 saturated carbocycles. The van der Waals surface area contributed by atoms with E-state index < -0.39 is 5.41 Å². The summed E-state index contributed by atoms with van der Waals surface area (Å²) in [5.74, 6) is 1.96. The Hall–Kier alpha value is -7.75. The Kier molecular flexibility index (Phi) is 7.56. The third-order valence-electron chi connectivity index (χ3n) is 13.7. The SMILES string of the molecule is CCC1=C2/C=C\Cc3cccc4c3c3c(c5ccccc54)-c4ccccc4C13c1cccc(-c3c(-c4nc(-c5ccccc5)nc(-c5ccccc5)n4)ccc4ccccc34)c12. The van der Waals surface area contributed by atoms with Crippen molar-refractivity contribution in [1.29, 1.82) is 0 Å². The molecule has 0 fully saturated rings. The van der Waals surface area contributed by atoms with Gasteiger partial charge in [-0.05, 0) is 107 Å². The maximum atomic E-state index is 5.33. The molecule has 0 aliphatic heterocycles. The fraction of sp³-hybridized carbons (Fsp3) is 0.0678. The van der Waals surface area contributed by atoms with Gasteiger partial charge in [0.2, 0.25) is 0 Å². The molecule has 0 radical (unpaired) electrons. The van der Waals surface area contributed by atoms with Gasteiger partial charge in [-0.2, -0.15) is 0 Å². The molecule has 0 amide bonds. The zero-order valence-corrected chi connectivity index (χ0v) is 34.2. The summed E-state index contributed by atoms with van der Waals surface area (Å²) in [6.07, 6.45) is 6.62. The molecule has 13 rings (SSSR count). The predicted octanol–water partition coefficient (Wildman–Crippen LogP) is 14.6. The van der Waals surface area contributed by atoms with E-state index >= 15 is 0 Å². The molecule has 1 unspecified atom stereocenters. The van der Waals surface area contributed by atoms with Crippen LogP contribution < -0.4 is 0 Å². The Morgan fingerprint density at radius 1 is 0.452 bits per heavy atom. The quantitative estimate of drug-likeness (QED) is 0.163. The summed E-state index contributed by atoms with van der Waals surface area (Å²) in [4.78, 5) is 15.7. The van der Waals surface area contributed by atoms with Gasteiger partial charge in [-0.15, -0.1) is 0 Å². The highest BCUT2D eigenvalue weighted by molar-refractivity contribution is 6.21. The third-order valence-corrected chi connectivity index (χ3v) is 13.7. The lowest BCUT2D eigenvalue weighted by Gasteiger charge is -2.34. The van der Waals surface area contributed by atoms with Crippen LogP contribution in [-0.2, 0) is 11.8 Å². The second-order valence-electron chi connectivity index (χ2n) is 16.8. The minimum Gasteiger partial charge on any atom is -0.208 e. The maximum Gasteiger partial charge on any atom is 0.164 e. The molecular formula is C59H39N3. The van der Waals surface area contributed by atoms with Gasteiger partial charge in [-0.3, -0.25) is 0 Å². The highest BCUT2D eigenvalue weighted by Crippen LogP contribution is 2.67. The van der Waals surface area contributed by atoms with Crippen molar-refractivity contribution in [2.45, 2.75) is 25.2 Å². The summed E-state index contributed by atoms with van der Waals surface area (Å²) in [5.41, 5.74) is 17.0. The Balaban J connectivity index is 1.17. The fourth-order valence-corrected chi connectivity index (χ4v) is 11.4. The Morgan fingerprint density at radius 3 is 1.84 bits per heavy atom. The van der Waals surface area contributed by atoms with E-state index in [4.69, 9.17) is 15.0 Å². The van der Waals surface area contributed by atoms with Crippen molar-refractivity contribution < 1.29 is 0 Å². The van der Waals surface area contributed by atoms with Crippen LogP contribution >= 0.6 is 0 Å². The zero-order valence-electron chi connectivity index (χ0n) is 34.2. The maximum absolute atomic E-state index is 5.33. The molecule has 290 valence electrons. The first-order chi connectivity index (χ1) is 30.7. The van der Waals surface area contributed by atoms with Crippen LogP contribution in [0.25, 0.3) is 94.3 Å². The molecule has 3 nitrogen and oxygen atoms in total. The second kappa shape index (κ2) is 13.4. The highest BCUT2D eigenvalue weighted by Gasteiger charge is 2.54. The van der Waals surface area contributed by atoms with E-state index in [2.05, 4.69) is 165 Å². The topological polar surface area (TPSA) is 38.7 Å². The normalized spacial score (nSPS) is 16.3. The summed E-state index contributed by atoms with van der Waals surface area (Å²) < 4.78 is 0. The third kappa shape index (κ3) is 4.73. The van der Waals surface area contributed by atoms with Crippen LogP contribution in [0.5, 0.6) is 0 Å². The number of aromatic nitrogens is 3. The van der Waals surface area contributed by atoms with Gasteiger partial charge in [-0.1, -0.05) is 195 Å². The van der Waals surface area contributed by atoms with Crippen molar-refractivity contribution in [3.63, 3.8) is 0 Å². The van der Waals surface area contributed by atoms with Gasteiger partial charge in [0.05, 0.1) is 5.41 Å². The van der Waals surface area contributed by atoms with Crippen molar-refractivity contribution in [2.24, 2.45) is 0 Å².